The van der Waals surface area contributed by atoms with E-state index in [-0.39, 0.29) is 11.9 Å². The predicted molar refractivity (Wildman–Crippen MR) is 81.2 cm³/mol. The molecule has 5 nitrogen and oxygen atoms in total. The maximum atomic E-state index is 12.0. The van der Waals surface area contributed by atoms with Crippen LogP contribution < -0.4 is 10.1 Å². The smallest absolute Gasteiger partial charge is 0.323 e. The van der Waals surface area contributed by atoms with Crippen LogP contribution >= 0.6 is 15.9 Å². The molecular weight excluding hydrogens is 322 g/mol. The molecule has 1 fully saturated rings. The van der Waals surface area contributed by atoms with E-state index in [0.29, 0.717) is 18.2 Å². The molecule has 1 aliphatic heterocycles. The number of hydrogen-bond acceptors (Lipinski definition) is 3. The van der Waals surface area contributed by atoms with Crippen LogP contribution in [-0.4, -0.2) is 30.4 Å². The number of ether oxygens (including phenoxy) is 1. The first kappa shape index (κ1) is 14.8. The largest absolute Gasteiger partial charge is 0.496 e. The molecule has 0 saturated carbocycles. The molecule has 20 heavy (non-hydrogen) atoms. The second-order valence-corrected chi connectivity index (χ2v) is 6.09. The molecular formula is C14H18BrN3O2. The number of urea groups is 1. The van der Waals surface area contributed by atoms with Crippen molar-refractivity contribution >= 4 is 27.8 Å². The first-order valence-electron chi connectivity index (χ1n) is 6.43. The van der Waals surface area contributed by atoms with Crippen molar-refractivity contribution in [1.29, 1.82) is 5.41 Å². The molecule has 1 aromatic carbocycles. The van der Waals surface area contributed by atoms with E-state index in [1.165, 1.54) is 0 Å². The van der Waals surface area contributed by atoms with Crippen LogP contribution in [0.25, 0.3) is 0 Å². The summed E-state index contributed by atoms with van der Waals surface area (Å²) in [7, 11) is 1.59. The Bertz CT molecular complexity index is 545. The van der Waals surface area contributed by atoms with Crippen molar-refractivity contribution < 1.29 is 9.53 Å². The minimum atomic E-state index is -0.419. The van der Waals surface area contributed by atoms with Crippen molar-refractivity contribution in [2.45, 2.75) is 19.9 Å². The van der Waals surface area contributed by atoms with Crippen molar-refractivity contribution in [3.8, 4) is 5.75 Å². The minimum Gasteiger partial charge on any atom is -0.496 e. The highest BCUT2D eigenvalue weighted by Crippen LogP contribution is 2.35. The highest BCUT2D eigenvalue weighted by atomic mass is 79.9. The van der Waals surface area contributed by atoms with Crippen molar-refractivity contribution in [1.82, 2.24) is 10.2 Å². The van der Waals surface area contributed by atoms with Gasteiger partial charge < -0.3 is 9.64 Å². The number of rotatable bonds is 4. The van der Waals surface area contributed by atoms with E-state index in [2.05, 4.69) is 21.2 Å². The summed E-state index contributed by atoms with van der Waals surface area (Å²) in [5.74, 6) is 1.19. The molecule has 0 aromatic heterocycles. The summed E-state index contributed by atoms with van der Waals surface area (Å²) in [6.07, 6.45) is 0. The second-order valence-electron chi connectivity index (χ2n) is 5.18. The van der Waals surface area contributed by atoms with Gasteiger partial charge >= 0.3 is 6.03 Å². The fraction of sp³-hybridized carbons (Fsp3) is 0.429. The van der Waals surface area contributed by atoms with Gasteiger partial charge in [-0.1, -0.05) is 29.8 Å². The summed E-state index contributed by atoms with van der Waals surface area (Å²) >= 11 is 3.43. The number of amides is 2. The highest BCUT2D eigenvalue weighted by Gasteiger charge is 2.38. The number of benzene rings is 1. The van der Waals surface area contributed by atoms with Gasteiger partial charge in [0.05, 0.1) is 7.11 Å². The fourth-order valence-corrected chi connectivity index (χ4v) is 2.73. The molecule has 1 atom stereocenters. The third-order valence-electron chi connectivity index (χ3n) is 3.14. The Balaban J connectivity index is 2.45. The van der Waals surface area contributed by atoms with Gasteiger partial charge in [0.1, 0.15) is 17.6 Å². The lowest BCUT2D eigenvalue weighted by atomic mass is 10.0. The third kappa shape index (κ3) is 2.80. The van der Waals surface area contributed by atoms with Crippen LogP contribution in [0.3, 0.4) is 0 Å². The van der Waals surface area contributed by atoms with Gasteiger partial charge in [-0.2, -0.15) is 0 Å². The van der Waals surface area contributed by atoms with Crippen LogP contribution in [0.1, 0.15) is 25.5 Å². The molecule has 1 aliphatic rings. The lowest BCUT2D eigenvalue weighted by molar-refractivity contribution is 0.197. The summed E-state index contributed by atoms with van der Waals surface area (Å²) in [6.45, 7) is 4.68. The van der Waals surface area contributed by atoms with Crippen LogP contribution in [0.4, 0.5) is 4.79 Å². The average Bonchev–Trinajstić information content (AvgIpc) is 2.63. The van der Waals surface area contributed by atoms with Crippen LogP contribution in [0, 0.1) is 11.3 Å². The van der Waals surface area contributed by atoms with Crippen LogP contribution in [0.15, 0.2) is 22.7 Å². The quantitative estimate of drug-likeness (QED) is 0.884. The first-order valence-corrected chi connectivity index (χ1v) is 7.22. The number of nitrogens with zero attached hydrogens (tertiary/aromatic N) is 1. The first-order chi connectivity index (χ1) is 9.43. The van der Waals surface area contributed by atoms with E-state index >= 15 is 0 Å². The molecule has 0 aliphatic carbocycles. The average molecular weight is 340 g/mol. The minimum absolute atomic E-state index is 0.187. The van der Waals surface area contributed by atoms with E-state index in [1.807, 2.05) is 32.0 Å². The Morgan fingerprint density at radius 3 is 2.80 bits per heavy atom. The maximum absolute atomic E-state index is 12.0. The van der Waals surface area contributed by atoms with E-state index in [4.69, 9.17) is 10.1 Å². The molecule has 1 unspecified atom stereocenters. The van der Waals surface area contributed by atoms with Crippen molar-refractivity contribution in [3.63, 3.8) is 0 Å². The summed E-state index contributed by atoms with van der Waals surface area (Å²) in [6, 6.07) is 4.96. The Hall–Kier alpha value is -1.56. The van der Waals surface area contributed by atoms with Gasteiger partial charge in [0, 0.05) is 16.6 Å². The van der Waals surface area contributed by atoms with Gasteiger partial charge in [-0.3, -0.25) is 10.7 Å². The number of amidine groups is 1. The highest BCUT2D eigenvalue weighted by molar-refractivity contribution is 9.10. The third-order valence-corrected chi connectivity index (χ3v) is 3.63. The SMILES string of the molecule is COc1ccc(Br)cc1C1C(=N)NC(=O)N1CC(C)C. The fourth-order valence-electron chi connectivity index (χ4n) is 2.35. The number of halogens is 1. The molecule has 0 bridgehead atoms. The van der Waals surface area contributed by atoms with Gasteiger partial charge in [0.15, 0.2) is 0 Å². The maximum Gasteiger partial charge on any atom is 0.323 e. The van der Waals surface area contributed by atoms with Crippen molar-refractivity contribution in [2.24, 2.45) is 5.92 Å². The molecule has 0 radical (unpaired) electrons. The molecule has 2 N–H and O–H groups in total. The summed E-state index contributed by atoms with van der Waals surface area (Å²) in [5, 5.41) is 10.6. The summed E-state index contributed by atoms with van der Waals surface area (Å²) < 4.78 is 6.26. The lowest BCUT2D eigenvalue weighted by Gasteiger charge is -2.26. The van der Waals surface area contributed by atoms with Crippen LogP contribution in [0.2, 0.25) is 0 Å². The van der Waals surface area contributed by atoms with E-state index in [0.717, 1.165) is 10.0 Å². The second kappa shape index (κ2) is 5.83. The molecule has 1 saturated heterocycles. The van der Waals surface area contributed by atoms with Crippen LogP contribution in [0.5, 0.6) is 5.75 Å². The van der Waals surface area contributed by atoms with E-state index < -0.39 is 6.04 Å². The molecule has 6 heteroatoms. The zero-order chi connectivity index (χ0) is 14.9. The molecule has 2 amide bonds. The number of hydrogen-bond donors (Lipinski definition) is 2. The summed E-state index contributed by atoms with van der Waals surface area (Å²) in [4.78, 5) is 13.7. The Morgan fingerprint density at radius 2 is 2.20 bits per heavy atom. The number of nitrogens with one attached hydrogen (secondary N) is 2. The molecule has 108 valence electrons. The van der Waals surface area contributed by atoms with Gasteiger partial charge in [-0.15, -0.1) is 0 Å². The van der Waals surface area contributed by atoms with Gasteiger partial charge in [-0.05, 0) is 24.1 Å². The number of carbonyl (C=O) groups excluding carboxylic acids is 1. The van der Waals surface area contributed by atoms with Crippen molar-refractivity contribution in [2.75, 3.05) is 13.7 Å². The van der Waals surface area contributed by atoms with Gasteiger partial charge in [0.25, 0.3) is 0 Å². The monoisotopic (exact) mass is 339 g/mol. The molecule has 0 spiro atoms. The van der Waals surface area contributed by atoms with E-state index in [1.54, 1.807) is 12.0 Å². The van der Waals surface area contributed by atoms with Crippen LogP contribution in [-0.2, 0) is 0 Å². The predicted octanol–water partition coefficient (Wildman–Crippen LogP) is 3.16. The molecule has 1 heterocycles. The van der Waals surface area contributed by atoms with Crippen molar-refractivity contribution in [3.05, 3.63) is 28.2 Å². The molecule has 2 rings (SSSR count). The Labute approximate surface area is 126 Å². The Morgan fingerprint density at radius 1 is 1.50 bits per heavy atom. The lowest BCUT2D eigenvalue weighted by Crippen LogP contribution is -2.33. The number of methoxy groups -OCH3 is 1. The normalized spacial score (nSPS) is 18.6. The zero-order valence-electron chi connectivity index (χ0n) is 11.7. The topological polar surface area (TPSA) is 65.4 Å². The molecule has 1 aromatic rings. The zero-order valence-corrected chi connectivity index (χ0v) is 13.3. The van der Waals surface area contributed by atoms with E-state index in [9.17, 15) is 4.79 Å². The number of carbonyl (C=O) groups is 1. The Kier molecular flexibility index (Phi) is 4.32. The van der Waals surface area contributed by atoms with Gasteiger partial charge in [-0.25, -0.2) is 4.79 Å². The standard InChI is InChI=1S/C14H18BrN3O2/c1-8(2)7-18-12(13(16)17-14(18)19)10-6-9(15)4-5-11(10)20-3/h4-6,8,12H,7H2,1-3H3,(H2,16,17,19). The van der Waals surface area contributed by atoms with Gasteiger partial charge in [0.2, 0.25) is 0 Å². The summed E-state index contributed by atoms with van der Waals surface area (Å²) in [5.41, 5.74) is 0.811.